The second-order valence-corrected chi connectivity index (χ2v) is 10.9. The van der Waals surface area contributed by atoms with Crippen molar-refractivity contribution in [2.24, 2.45) is 0 Å². The Kier molecular flexibility index (Phi) is 10.1. The fraction of sp³-hybridized carbons (Fsp3) is 0.308. The SMILES string of the molecule is CC(C)N1CCc2nc(C(=O)Nc3cc(C(=O)O)cc(Cl)c3CCC(=O)Nc3ccc(Cl)cc3)sc2C1.Cl. The molecule has 2 amide bonds. The molecule has 0 saturated heterocycles. The third-order valence-electron chi connectivity index (χ3n) is 6.11. The molecule has 202 valence electrons. The predicted molar refractivity (Wildman–Crippen MR) is 153 cm³/mol. The van der Waals surface area contributed by atoms with E-state index in [1.54, 1.807) is 24.3 Å². The lowest BCUT2D eigenvalue weighted by atomic mass is 10.0. The number of carboxylic acids is 1. The van der Waals surface area contributed by atoms with Gasteiger partial charge in [-0.1, -0.05) is 23.2 Å². The van der Waals surface area contributed by atoms with Gasteiger partial charge in [-0.25, -0.2) is 9.78 Å². The van der Waals surface area contributed by atoms with E-state index in [0.29, 0.717) is 27.3 Å². The number of carboxylic acid groups (broad SMARTS) is 1. The lowest BCUT2D eigenvalue weighted by Crippen LogP contribution is -2.35. The number of aromatic nitrogens is 1. The van der Waals surface area contributed by atoms with Crippen molar-refractivity contribution >= 4 is 76.1 Å². The Morgan fingerprint density at radius 1 is 1.13 bits per heavy atom. The minimum Gasteiger partial charge on any atom is -0.478 e. The van der Waals surface area contributed by atoms with E-state index in [9.17, 15) is 19.5 Å². The Morgan fingerprint density at radius 3 is 2.50 bits per heavy atom. The molecule has 0 radical (unpaired) electrons. The molecule has 4 rings (SSSR count). The van der Waals surface area contributed by atoms with Crippen LogP contribution in [0.15, 0.2) is 36.4 Å². The van der Waals surface area contributed by atoms with Gasteiger partial charge in [0.25, 0.3) is 5.91 Å². The van der Waals surface area contributed by atoms with Gasteiger partial charge in [0.2, 0.25) is 5.91 Å². The monoisotopic (exact) mass is 596 g/mol. The summed E-state index contributed by atoms with van der Waals surface area (Å²) in [4.78, 5) is 45.2. The number of halogens is 3. The standard InChI is InChI=1S/C26H26Cl2N4O4S.ClH/c1-14(2)32-10-9-20-22(13-32)37-25(31-20)24(34)30-21-12-15(26(35)36)11-19(28)18(21)7-8-23(33)29-17-5-3-16(27)4-6-17;/h3-6,11-12,14H,7-10,13H2,1-2H3,(H,29,33)(H,30,34)(H,35,36);1H. The maximum atomic E-state index is 13.1. The van der Waals surface area contributed by atoms with E-state index in [1.807, 2.05) is 0 Å². The highest BCUT2D eigenvalue weighted by Gasteiger charge is 2.25. The highest BCUT2D eigenvalue weighted by atomic mass is 35.5. The predicted octanol–water partition coefficient (Wildman–Crippen LogP) is 6.16. The van der Waals surface area contributed by atoms with Crippen molar-refractivity contribution in [2.75, 3.05) is 17.2 Å². The average Bonchev–Trinajstić information content (AvgIpc) is 3.28. The summed E-state index contributed by atoms with van der Waals surface area (Å²) in [6.45, 7) is 5.90. The van der Waals surface area contributed by atoms with Gasteiger partial charge in [-0.3, -0.25) is 14.5 Å². The number of rotatable bonds is 8. The zero-order chi connectivity index (χ0) is 26.7. The molecule has 3 N–H and O–H groups in total. The van der Waals surface area contributed by atoms with Crippen LogP contribution in [0.5, 0.6) is 0 Å². The summed E-state index contributed by atoms with van der Waals surface area (Å²) in [6.07, 6.45) is 1.02. The van der Waals surface area contributed by atoms with E-state index in [0.717, 1.165) is 30.1 Å². The number of benzene rings is 2. The Labute approximate surface area is 240 Å². The van der Waals surface area contributed by atoms with Gasteiger partial charge in [0, 0.05) is 58.3 Å². The number of hydrogen-bond acceptors (Lipinski definition) is 6. The van der Waals surface area contributed by atoms with Gasteiger partial charge in [-0.05, 0) is 62.2 Å². The number of nitrogens with zero attached hydrogens (tertiary/aromatic N) is 2. The molecule has 0 aliphatic carbocycles. The van der Waals surface area contributed by atoms with Crippen LogP contribution in [0.25, 0.3) is 0 Å². The maximum absolute atomic E-state index is 13.1. The third kappa shape index (κ3) is 7.24. The van der Waals surface area contributed by atoms with Crippen molar-refractivity contribution in [3.05, 3.63) is 73.1 Å². The van der Waals surface area contributed by atoms with Crippen molar-refractivity contribution in [1.29, 1.82) is 0 Å². The van der Waals surface area contributed by atoms with E-state index in [1.165, 1.54) is 23.5 Å². The molecular formula is C26H27Cl3N4O4S. The van der Waals surface area contributed by atoms with Gasteiger partial charge in [-0.15, -0.1) is 23.7 Å². The summed E-state index contributed by atoms with van der Waals surface area (Å²) in [5, 5.41) is 16.1. The van der Waals surface area contributed by atoms with Crippen LogP contribution in [0.3, 0.4) is 0 Å². The molecular weight excluding hydrogens is 571 g/mol. The largest absolute Gasteiger partial charge is 0.478 e. The molecule has 0 fully saturated rings. The first-order chi connectivity index (χ1) is 17.6. The lowest BCUT2D eigenvalue weighted by Gasteiger charge is -2.29. The summed E-state index contributed by atoms with van der Waals surface area (Å²) < 4.78 is 0. The molecule has 0 saturated carbocycles. The Balaban J connectivity index is 0.00000400. The van der Waals surface area contributed by atoms with E-state index in [-0.39, 0.29) is 47.4 Å². The van der Waals surface area contributed by atoms with Crippen molar-refractivity contribution in [1.82, 2.24) is 9.88 Å². The third-order valence-corrected chi connectivity index (χ3v) is 7.78. The number of hydrogen-bond donors (Lipinski definition) is 3. The molecule has 8 nitrogen and oxygen atoms in total. The van der Waals surface area contributed by atoms with Crippen LogP contribution in [0.1, 0.15) is 56.6 Å². The van der Waals surface area contributed by atoms with E-state index in [4.69, 9.17) is 23.2 Å². The molecule has 2 aromatic carbocycles. The fourth-order valence-corrected chi connectivity index (χ4v) is 5.52. The molecule has 1 aliphatic rings. The normalized spacial score (nSPS) is 13.0. The van der Waals surface area contributed by atoms with E-state index in [2.05, 4.69) is 34.4 Å². The summed E-state index contributed by atoms with van der Waals surface area (Å²) in [5.74, 6) is -1.89. The van der Waals surface area contributed by atoms with Gasteiger partial charge < -0.3 is 15.7 Å². The molecule has 2 heterocycles. The number of aromatic carboxylic acids is 1. The van der Waals surface area contributed by atoms with Crippen LogP contribution in [0.2, 0.25) is 10.0 Å². The Bertz CT molecular complexity index is 1350. The van der Waals surface area contributed by atoms with E-state index >= 15 is 0 Å². The molecule has 12 heteroatoms. The van der Waals surface area contributed by atoms with Crippen molar-refractivity contribution < 1.29 is 19.5 Å². The minimum absolute atomic E-state index is 0. The number of fused-ring (bicyclic) bond motifs is 1. The van der Waals surface area contributed by atoms with Crippen molar-refractivity contribution in [3.63, 3.8) is 0 Å². The maximum Gasteiger partial charge on any atom is 0.335 e. The molecule has 1 aromatic heterocycles. The molecule has 38 heavy (non-hydrogen) atoms. The molecule has 0 unspecified atom stereocenters. The van der Waals surface area contributed by atoms with Crippen LogP contribution in [-0.2, 0) is 24.2 Å². The quantitative estimate of drug-likeness (QED) is 0.287. The number of thiazole rings is 1. The summed E-state index contributed by atoms with van der Waals surface area (Å²) in [6, 6.07) is 9.78. The number of carbonyl (C=O) groups is 3. The topological polar surface area (TPSA) is 112 Å². The molecule has 0 bridgehead atoms. The second kappa shape index (κ2) is 12.9. The first-order valence-corrected chi connectivity index (χ1v) is 13.3. The summed E-state index contributed by atoms with van der Waals surface area (Å²) in [7, 11) is 0. The second-order valence-electron chi connectivity index (χ2n) is 9.00. The minimum atomic E-state index is -1.18. The highest BCUT2D eigenvalue weighted by molar-refractivity contribution is 7.13. The van der Waals surface area contributed by atoms with Crippen LogP contribution < -0.4 is 10.6 Å². The fourth-order valence-electron chi connectivity index (χ4n) is 4.05. The Hall–Kier alpha value is -2.69. The van der Waals surface area contributed by atoms with Gasteiger partial charge in [0.15, 0.2) is 5.01 Å². The first-order valence-electron chi connectivity index (χ1n) is 11.8. The molecule has 3 aromatic rings. The summed E-state index contributed by atoms with van der Waals surface area (Å²) in [5.41, 5.74) is 2.16. The zero-order valence-corrected chi connectivity index (χ0v) is 23.9. The van der Waals surface area contributed by atoms with Crippen LogP contribution in [0, 0.1) is 0 Å². The van der Waals surface area contributed by atoms with Crippen molar-refractivity contribution in [2.45, 2.75) is 45.7 Å². The van der Waals surface area contributed by atoms with Gasteiger partial charge in [0.05, 0.1) is 11.3 Å². The van der Waals surface area contributed by atoms with Crippen molar-refractivity contribution in [3.8, 4) is 0 Å². The van der Waals surface area contributed by atoms with Gasteiger partial charge in [0.1, 0.15) is 0 Å². The first kappa shape index (κ1) is 29.9. The number of amides is 2. The smallest absolute Gasteiger partial charge is 0.335 e. The van der Waals surface area contributed by atoms with Crippen LogP contribution in [-0.4, -0.2) is 45.4 Å². The summed E-state index contributed by atoms with van der Waals surface area (Å²) >= 11 is 13.6. The van der Waals surface area contributed by atoms with Gasteiger partial charge in [-0.2, -0.15) is 0 Å². The average molecular weight is 598 g/mol. The lowest BCUT2D eigenvalue weighted by molar-refractivity contribution is -0.116. The number of nitrogens with one attached hydrogen (secondary N) is 2. The molecule has 0 atom stereocenters. The highest BCUT2D eigenvalue weighted by Crippen LogP contribution is 2.31. The van der Waals surface area contributed by atoms with E-state index < -0.39 is 11.9 Å². The van der Waals surface area contributed by atoms with Gasteiger partial charge >= 0.3 is 5.97 Å². The Morgan fingerprint density at radius 2 is 1.84 bits per heavy atom. The molecule has 0 spiro atoms. The number of anilines is 2. The zero-order valence-electron chi connectivity index (χ0n) is 20.7. The number of carbonyl (C=O) groups excluding carboxylic acids is 2. The van der Waals surface area contributed by atoms with Crippen LogP contribution in [0.4, 0.5) is 11.4 Å². The van der Waals surface area contributed by atoms with Crippen LogP contribution >= 0.6 is 46.9 Å². The molecule has 1 aliphatic heterocycles.